The standard InChI is InChI=1S/C11H14N4OS/c1-7-8(2)10(16-3)5-4-9(7)6-12-11-13-14-15-17-11/h4-5H,6H2,1-3H3,(H,12,13,15). The molecule has 0 radical (unpaired) electrons. The number of hydrogen-bond donors (Lipinski definition) is 1. The molecule has 90 valence electrons. The molecule has 1 heterocycles. The van der Waals surface area contributed by atoms with Gasteiger partial charge in [0.05, 0.1) is 7.11 Å². The lowest BCUT2D eigenvalue weighted by Gasteiger charge is -2.12. The van der Waals surface area contributed by atoms with Gasteiger partial charge in [-0.05, 0) is 41.8 Å². The Kier molecular flexibility index (Phi) is 3.53. The number of hydrogen-bond acceptors (Lipinski definition) is 6. The minimum atomic E-state index is 0.716. The highest BCUT2D eigenvalue weighted by atomic mass is 32.1. The van der Waals surface area contributed by atoms with Gasteiger partial charge in [0, 0.05) is 18.1 Å². The predicted molar refractivity (Wildman–Crippen MR) is 67.5 cm³/mol. The first-order valence-corrected chi connectivity index (χ1v) is 6.01. The lowest BCUT2D eigenvalue weighted by atomic mass is 10.0. The Bertz CT molecular complexity index is 498. The third-order valence-corrected chi connectivity index (χ3v) is 3.35. The third kappa shape index (κ3) is 2.52. The molecule has 0 spiro atoms. The van der Waals surface area contributed by atoms with Gasteiger partial charge in [0.15, 0.2) is 0 Å². The van der Waals surface area contributed by atoms with E-state index in [4.69, 9.17) is 4.74 Å². The van der Waals surface area contributed by atoms with Gasteiger partial charge in [-0.15, -0.1) is 0 Å². The van der Waals surface area contributed by atoms with Gasteiger partial charge in [-0.25, -0.2) is 0 Å². The topological polar surface area (TPSA) is 59.9 Å². The summed E-state index contributed by atoms with van der Waals surface area (Å²) in [7, 11) is 1.69. The molecule has 0 aliphatic carbocycles. The lowest BCUT2D eigenvalue weighted by Crippen LogP contribution is -2.03. The van der Waals surface area contributed by atoms with Gasteiger partial charge in [-0.3, -0.25) is 0 Å². The zero-order valence-electron chi connectivity index (χ0n) is 10.0. The van der Waals surface area contributed by atoms with E-state index in [0.717, 1.165) is 10.9 Å². The van der Waals surface area contributed by atoms with Crippen LogP contribution >= 0.6 is 11.5 Å². The summed E-state index contributed by atoms with van der Waals surface area (Å²) in [6, 6.07) is 4.04. The van der Waals surface area contributed by atoms with Crippen LogP contribution in [0.25, 0.3) is 0 Å². The Morgan fingerprint density at radius 3 is 2.76 bits per heavy atom. The first-order valence-electron chi connectivity index (χ1n) is 5.24. The number of nitrogens with zero attached hydrogens (tertiary/aromatic N) is 3. The zero-order chi connectivity index (χ0) is 12.3. The minimum absolute atomic E-state index is 0.716. The zero-order valence-corrected chi connectivity index (χ0v) is 10.8. The van der Waals surface area contributed by atoms with Gasteiger partial charge in [0.25, 0.3) is 0 Å². The van der Waals surface area contributed by atoms with E-state index in [0.29, 0.717) is 6.54 Å². The fraction of sp³-hybridized carbons (Fsp3) is 0.364. The molecule has 0 fully saturated rings. The summed E-state index contributed by atoms with van der Waals surface area (Å²) < 4.78 is 8.98. The predicted octanol–water partition coefficient (Wildman–Crippen LogP) is 2.17. The van der Waals surface area contributed by atoms with Crippen LogP contribution in [0.15, 0.2) is 12.1 Å². The van der Waals surface area contributed by atoms with Crippen LogP contribution in [0.2, 0.25) is 0 Å². The van der Waals surface area contributed by atoms with Crippen LogP contribution in [0.1, 0.15) is 16.7 Å². The maximum atomic E-state index is 5.28. The molecule has 1 aromatic heterocycles. The largest absolute Gasteiger partial charge is 0.496 e. The molecule has 1 N–H and O–H groups in total. The van der Waals surface area contributed by atoms with Crippen LogP contribution in [-0.2, 0) is 6.54 Å². The molecule has 0 unspecified atom stereocenters. The van der Waals surface area contributed by atoms with Crippen molar-refractivity contribution in [3.63, 3.8) is 0 Å². The number of rotatable bonds is 4. The molecule has 0 atom stereocenters. The van der Waals surface area contributed by atoms with Gasteiger partial charge in [0.2, 0.25) is 5.13 Å². The van der Waals surface area contributed by atoms with E-state index in [2.05, 4.69) is 40.0 Å². The normalized spacial score (nSPS) is 10.3. The fourth-order valence-corrected chi connectivity index (χ4v) is 2.00. The van der Waals surface area contributed by atoms with E-state index in [-0.39, 0.29) is 0 Å². The lowest BCUT2D eigenvalue weighted by molar-refractivity contribution is 0.411. The molecular weight excluding hydrogens is 236 g/mol. The molecule has 5 nitrogen and oxygen atoms in total. The number of aromatic nitrogens is 3. The van der Waals surface area contributed by atoms with E-state index in [1.807, 2.05) is 6.07 Å². The van der Waals surface area contributed by atoms with Crippen molar-refractivity contribution in [1.29, 1.82) is 0 Å². The van der Waals surface area contributed by atoms with Gasteiger partial charge >= 0.3 is 0 Å². The molecule has 0 aliphatic heterocycles. The van der Waals surface area contributed by atoms with E-state index in [1.54, 1.807) is 7.11 Å². The van der Waals surface area contributed by atoms with E-state index in [1.165, 1.54) is 28.2 Å². The molecule has 0 saturated carbocycles. The van der Waals surface area contributed by atoms with Gasteiger partial charge in [-0.1, -0.05) is 15.7 Å². The average molecular weight is 250 g/mol. The Labute approximate surface area is 104 Å². The highest BCUT2D eigenvalue weighted by Crippen LogP contribution is 2.24. The van der Waals surface area contributed by atoms with Crippen molar-refractivity contribution in [2.45, 2.75) is 20.4 Å². The van der Waals surface area contributed by atoms with Crippen LogP contribution < -0.4 is 10.1 Å². The molecule has 6 heteroatoms. The van der Waals surface area contributed by atoms with Crippen LogP contribution in [0, 0.1) is 13.8 Å². The highest BCUT2D eigenvalue weighted by molar-refractivity contribution is 7.09. The van der Waals surface area contributed by atoms with Crippen molar-refractivity contribution >= 4 is 16.7 Å². The summed E-state index contributed by atoms with van der Waals surface area (Å²) in [4.78, 5) is 0. The SMILES string of the molecule is COc1ccc(CNc2nnns2)c(C)c1C. The highest BCUT2D eigenvalue weighted by Gasteiger charge is 2.07. The van der Waals surface area contributed by atoms with Crippen LogP contribution in [0.4, 0.5) is 5.13 Å². The molecule has 0 bridgehead atoms. The van der Waals surface area contributed by atoms with Crippen molar-refractivity contribution in [2.75, 3.05) is 12.4 Å². The number of anilines is 1. The number of ether oxygens (including phenoxy) is 1. The number of methoxy groups -OCH3 is 1. The van der Waals surface area contributed by atoms with Crippen LogP contribution in [-0.4, -0.2) is 21.9 Å². The molecule has 0 saturated heterocycles. The van der Waals surface area contributed by atoms with E-state index in [9.17, 15) is 0 Å². The number of nitrogens with one attached hydrogen (secondary N) is 1. The van der Waals surface area contributed by atoms with Gasteiger partial charge < -0.3 is 10.1 Å². The summed E-state index contributed by atoms with van der Waals surface area (Å²) >= 11 is 1.25. The van der Waals surface area contributed by atoms with E-state index >= 15 is 0 Å². The second kappa shape index (κ2) is 5.09. The smallest absolute Gasteiger partial charge is 0.225 e. The first-order chi connectivity index (χ1) is 8.22. The monoisotopic (exact) mass is 250 g/mol. The van der Waals surface area contributed by atoms with E-state index < -0.39 is 0 Å². The van der Waals surface area contributed by atoms with Crippen LogP contribution in [0.5, 0.6) is 5.75 Å². The van der Waals surface area contributed by atoms with Crippen LogP contribution in [0.3, 0.4) is 0 Å². The summed E-state index contributed by atoms with van der Waals surface area (Å²) in [5.41, 5.74) is 3.62. The van der Waals surface area contributed by atoms with Crippen molar-refractivity contribution in [2.24, 2.45) is 0 Å². The Morgan fingerprint density at radius 2 is 2.12 bits per heavy atom. The maximum absolute atomic E-state index is 5.28. The van der Waals surface area contributed by atoms with Crippen molar-refractivity contribution in [3.8, 4) is 5.75 Å². The van der Waals surface area contributed by atoms with Crippen molar-refractivity contribution in [3.05, 3.63) is 28.8 Å². The Hall–Kier alpha value is -1.69. The Morgan fingerprint density at radius 1 is 1.29 bits per heavy atom. The molecule has 2 rings (SSSR count). The minimum Gasteiger partial charge on any atom is -0.496 e. The average Bonchev–Trinajstić information content (AvgIpc) is 2.84. The van der Waals surface area contributed by atoms with Crippen molar-refractivity contribution < 1.29 is 4.74 Å². The van der Waals surface area contributed by atoms with Crippen molar-refractivity contribution in [1.82, 2.24) is 14.8 Å². The summed E-state index contributed by atoms with van der Waals surface area (Å²) in [6.45, 7) is 4.87. The maximum Gasteiger partial charge on any atom is 0.225 e. The first kappa shape index (κ1) is 11.8. The molecule has 0 amide bonds. The quantitative estimate of drug-likeness (QED) is 0.901. The summed E-state index contributed by atoms with van der Waals surface area (Å²) in [5, 5.41) is 11.3. The fourth-order valence-electron chi connectivity index (χ4n) is 1.64. The summed E-state index contributed by atoms with van der Waals surface area (Å²) in [6.07, 6.45) is 0. The molecule has 17 heavy (non-hydrogen) atoms. The third-order valence-electron chi connectivity index (χ3n) is 2.80. The van der Waals surface area contributed by atoms with Gasteiger partial charge in [-0.2, -0.15) is 0 Å². The molecule has 0 aliphatic rings. The number of benzene rings is 1. The molecule has 2 aromatic rings. The molecular formula is C11H14N4OS. The summed E-state index contributed by atoms with van der Waals surface area (Å²) in [5.74, 6) is 0.920. The molecule has 1 aromatic carbocycles. The Balaban J connectivity index is 2.14. The second-order valence-electron chi connectivity index (χ2n) is 3.70. The van der Waals surface area contributed by atoms with Gasteiger partial charge in [0.1, 0.15) is 5.75 Å². The second-order valence-corrected chi connectivity index (χ2v) is 4.43.